The molecule has 0 saturated heterocycles. The average molecular weight is 631 g/mol. The second-order valence-corrected chi connectivity index (χ2v) is 13.7. The Morgan fingerprint density at radius 1 is 0.744 bits per heavy atom. The highest BCUT2D eigenvalue weighted by atomic mass is 32.2. The van der Waals surface area contributed by atoms with Crippen molar-refractivity contribution >= 4 is 22.3 Å². The number of rotatable bonds is 2. The molecule has 2 amide bonds. The van der Waals surface area contributed by atoms with E-state index in [1.54, 1.807) is 37.8 Å². The first-order valence-electron chi connectivity index (χ1n) is 13.5. The van der Waals surface area contributed by atoms with Crippen molar-refractivity contribution in [3.8, 4) is 11.5 Å². The van der Waals surface area contributed by atoms with Crippen molar-refractivity contribution in [1.29, 1.82) is 0 Å². The van der Waals surface area contributed by atoms with Crippen molar-refractivity contribution in [3.05, 3.63) is 58.7 Å². The van der Waals surface area contributed by atoms with Gasteiger partial charge in [0.1, 0.15) is 22.7 Å². The SMILES string of the molecule is CC(C)(C)OC(=O)N1CCc2cc(O)ccc2C1.CC(C)(C)OC(=O)N1CCc2cc(OS(=O)(=O)C(F)(F)F)ccc2C1. The number of hydrogen-bond acceptors (Lipinski definition) is 8. The van der Waals surface area contributed by atoms with Crippen molar-refractivity contribution in [2.24, 2.45) is 0 Å². The van der Waals surface area contributed by atoms with Gasteiger partial charge in [-0.15, -0.1) is 0 Å². The third-order valence-corrected chi connectivity index (χ3v) is 7.16. The molecule has 0 bridgehead atoms. The molecule has 2 aromatic carbocycles. The van der Waals surface area contributed by atoms with E-state index in [1.807, 2.05) is 26.8 Å². The van der Waals surface area contributed by atoms with Crippen molar-refractivity contribution in [1.82, 2.24) is 9.80 Å². The lowest BCUT2D eigenvalue weighted by Gasteiger charge is -2.31. The topological polar surface area (TPSA) is 123 Å². The summed E-state index contributed by atoms with van der Waals surface area (Å²) in [5, 5.41) is 9.41. The van der Waals surface area contributed by atoms with Crippen molar-refractivity contribution in [2.75, 3.05) is 13.1 Å². The number of ether oxygens (including phenoxy) is 2. The lowest BCUT2D eigenvalue weighted by molar-refractivity contribution is -0.0500. The Hall–Kier alpha value is -3.68. The normalized spacial score (nSPS) is 15.4. The lowest BCUT2D eigenvalue weighted by Crippen LogP contribution is -2.39. The molecule has 14 heteroatoms. The zero-order valence-corrected chi connectivity index (χ0v) is 25.8. The van der Waals surface area contributed by atoms with Crippen molar-refractivity contribution in [2.45, 2.75) is 84.2 Å². The number of benzene rings is 2. The van der Waals surface area contributed by atoms with Crippen LogP contribution in [-0.4, -0.2) is 65.3 Å². The summed E-state index contributed by atoms with van der Waals surface area (Å²) in [5.74, 6) is -0.138. The summed E-state index contributed by atoms with van der Waals surface area (Å²) < 4.78 is 73.9. The van der Waals surface area contributed by atoms with E-state index in [0.29, 0.717) is 37.2 Å². The van der Waals surface area contributed by atoms with Crippen LogP contribution in [-0.2, 0) is 45.5 Å². The standard InChI is InChI=1S/C15H18F3NO5S.C14H19NO3/c1-14(2,3)23-13(20)19-7-6-10-8-12(5-4-11(10)9-19)24-25(21,22)15(16,17)18;1-14(2,3)18-13(17)15-7-6-10-8-12(16)5-4-11(10)9-15/h4-5,8H,6-7,9H2,1-3H3;4-5,8,16H,6-7,9H2,1-3H3. The van der Waals surface area contributed by atoms with Gasteiger partial charge < -0.3 is 28.6 Å². The quantitative estimate of drug-likeness (QED) is 0.322. The molecule has 0 spiro atoms. The Labute approximate surface area is 249 Å². The summed E-state index contributed by atoms with van der Waals surface area (Å²) >= 11 is 0. The number of nitrogens with zero attached hydrogens (tertiary/aromatic N) is 2. The van der Waals surface area contributed by atoms with Gasteiger partial charge in [0.25, 0.3) is 0 Å². The highest BCUT2D eigenvalue weighted by molar-refractivity contribution is 7.88. The Morgan fingerprint density at radius 2 is 1.19 bits per heavy atom. The summed E-state index contributed by atoms with van der Waals surface area (Å²) in [4.78, 5) is 27.2. The molecule has 10 nitrogen and oxygen atoms in total. The number of hydrogen-bond donors (Lipinski definition) is 1. The van der Waals surface area contributed by atoms with Gasteiger partial charge in [0.15, 0.2) is 0 Å². The van der Waals surface area contributed by atoms with E-state index in [-0.39, 0.29) is 18.4 Å². The predicted molar refractivity (Wildman–Crippen MR) is 151 cm³/mol. The number of amides is 2. The molecule has 0 saturated carbocycles. The number of aromatic hydroxyl groups is 1. The fourth-order valence-corrected chi connectivity index (χ4v) is 4.71. The molecule has 2 aliphatic heterocycles. The highest BCUT2D eigenvalue weighted by Gasteiger charge is 2.48. The number of fused-ring (bicyclic) bond motifs is 2. The summed E-state index contributed by atoms with van der Waals surface area (Å²) in [6.45, 7) is 12.5. The maximum atomic E-state index is 12.4. The molecule has 43 heavy (non-hydrogen) atoms. The number of phenolic OH excluding ortho intramolecular Hbond substituents is 1. The molecule has 2 aliphatic rings. The molecule has 238 valence electrons. The van der Waals surface area contributed by atoms with Crippen LogP contribution in [0.2, 0.25) is 0 Å². The Morgan fingerprint density at radius 3 is 1.63 bits per heavy atom. The summed E-state index contributed by atoms with van der Waals surface area (Å²) in [5.41, 5.74) is -3.10. The van der Waals surface area contributed by atoms with Crippen molar-refractivity contribution < 1.29 is 49.9 Å². The fraction of sp³-hybridized carbons (Fsp3) is 0.517. The van der Waals surface area contributed by atoms with Crippen LogP contribution in [0, 0.1) is 0 Å². The van der Waals surface area contributed by atoms with Gasteiger partial charge in [-0.05, 0) is 101 Å². The van der Waals surface area contributed by atoms with Crippen LogP contribution < -0.4 is 4.18 Å². The highest BCUT2D eigenvalue weighted by Crippen LogP contribution is 2.30. The Balaban J connectivity index is 0.000000248. The zero-order chi connectivity index (χ0) is 32.4. The first-order valence-corrected chi connectivity index (χ1v) is 14.9. The molecule has 0 unspecified atom stereocenters. The summed E-state index contributed by atoms with van der Waals surface area (Å²) in [7, 11) is -5.71. The van der Waals surface area contributed by atoms with E-state index in [2.05, 4.69) is 4.18 Å². The molecule has 1 N–H and O–H groups in total. The fourth-order valence-electron chi connectivity index (χ4n) is 4.26. The first-order chi connectivity index (χ1) is 19.6. The zero-order valence-electron chi connectivity index (χ0n) is 24.9. The largest absolute Gasteiger partial charge is 0.534 e. The van der Waals surface area contributed by atoms with E-state index in [9.17, 15) is 36.3 Å². The molecule has 4 rings (SSSR count). The number of carbonyl (C=O) groups excluding carboxylic acids is 2. The molecule has 2 aromatic rings. The average Bonchev–Trinajstić information content (AvgIpc) is 2.85. The smallest absolute Gasteiger partial charge is 0.508 e. The minimum atomic E-state index is -5.71. The number of alkyl halides is 3. The molecule has 0 radical (unpaired) electrons. The molecule has 0 aromatic heterocycles. The first kappa shape index (κ1) is 33.8. The Kier molecular flexibility index (Phi) is 9.84. The maximum Gasteiger partial charge on any atom is 0.534 e. The van der Waals surface area contributed by atoms with Crippen LogP contribution in [0.25, 0.3) is 0 Å². The van der Waals surface area contributed by atoms with Crippen LogP contribution in [0.3, 0.4) is 0 Å². The molecular weight excluding hydrogens is 593 g/mol. The van der Waals surface area contributed by atoms with E-state index >= 15 is 0 Å². The Bertz CT molecular complexity index is 1450. The third kappa shape index (κ3) is 9.66. The molecular formula is C29H37F3N2O8S. The van der Waals surface area contributed by atoms with Gasteiger partial charge in [-0.3, -0.25) is 0 Å². The summed E-state index contributed by atoms with van der Waals surface area (Å²) in [6, 6.07) is 9.08. The number of phenols is 1. The van der Waals surface area contributed by atoms with Crippen molar-refractivity contribution in [3.63, 3.8) is 0 Å². The van der Waals surface area contributed by atoms with Crippen LogP contribution in [0.15, 0.2) is 36.4 Å². The van der Waals surface area contributed by atoms with Gasteiger partial charge in [0, 0.05) is 26.2 Å². The molecule has 0 atom stereocenters. The molecule has 2 heterocycles. The van der Waals surface area contributed by atoms with E-state index < -0.39 is 38.7 Å². The van der Waals surface area contributed by atoms with Crippen LogP contribution >= 0.6 is 0 Å². The van der Waals surface area contributed by atoms with E-state index in [0.717, 1.165) is 23.6 Å². The minimum Gasteiger partial charge on any atom is -0.508 e. The molecule has 0 aliphatic carbocycles. The van der Waals surface area contributed by atoms with E-state index in [1.165, 1.54) is 17.0 Å². The lowest BCUT2D eigenvalue weighted by atomic mass is 10.00. The van der Waals surface area contributed by atoms with E-state index in [4.69, 9.17) is 9.47 Å². The second-order valence-electron chi connectivity index (χ2n) is 12.2. The van der Waals surface area contributed by atoms with Gasteiger partial charge in [-0.25, -0.2) is 9.59 Å². The van der Waals surface area contributed by atoms with Gasteiger partial charge >= 0.3 is 27.8 Å². The van der Waals surface area contributed by atoms with Gasteiger partial charge in [0.2, 0.25) is 0 Å². The second kappa shape index (κ2) is 12.5. The number of halogens is 3. The minimum absolute atomic E-state index is 0.219. The number of carbonyl (C=O) groups is 2. The van der Waals surface area contributed by atoms with Gasteiger partial charge in [-0.2, -0.15) is 21.6 Å². The predicted octanol–water partition coefficient (Wildman–Crippen LogP) is 5.89. The van der Waals surface area contributed by atoms with Crippen LogP contribution in [0.5, 0.6) is 11.5 Å². The monoisotopic (exact) mass is 630 g/mol. The third-order valence-electron chi connectivity index (χ3n) is 6.18. The summed E-state index contributed by atoms with van der Waals surface area (Å²) in [6.07, 6.45) is 0.334. The van der Waals surface area contributed by atoms with Gasteiger partial charge in [0.05, 0.1) is 0 Å². The van der Waals surface area contributed by atoms with Crippen LogP contribution in [0.4, 0.5) is 22.8 Å². The van der Waals surface area contributed by atoms with Gasteiger partial charge in [-0.1, -0.05) is 12.1 Å². The maximum absolute atomic E-state index is 12.4. The van der Waals surface area contributed by atoms with Crippen LogP contribution in [0.1, 0.15) is 63.8 Å². The molecule has 0 fully saturated rings.